The van der Waals surface area contributed by atoms with Crippen LogP contribution >= 0.6 is 0 Å². The van der Waals surface area contributed by atoms with Gasteiger partial charge in [0.25, 0.3) is 5.56 Å². The molecule has 6 rings (SSSR count). The van der Waals surface area contributed by atoms with E-state index >= 15 is 0 Å². The standard InChI is InChI=1S/C41H39F5N4O4/c1-40(2,39(53)54)50-21-19-30(20-22-50)47-37(27-11-9-24(10-12-27)25-13-16-29(17-14-25)41(44,45)46)33(51)23-28-6-4-8-32-35(28)38(52)49-34(48-32)18-15-26-5-3-7-31(42)36(26)43/h3-14,16-17,30,37,47H,15,18-23H2,1-2H3,(H,53,54)(H,48,49,52). The number of carbonyl (C=O) groups excluding carboxylic acids is 1. The Hall–Kier alpha value is -5.27. The van der Waals surface area contributed by atoms with Gasteiger partial charge in [0.1, 0.15) is 11.4 Å². The summed E-state index contributed by atoms with van der Waals surface area (Å²) in [6, 6.07) is 19.7. The fourth-order valence-corrected chi connectivity index (χ4v) is 6.93. The third-order valence-electron chi connectivity index (χ3n) is 10.2. The number of aromatic amines is 1. The first-order valence-electron chi connectivity index (χ1n) is 17.6. The van der Waals surface area contributed by atoms with Gasteiger partial charge in [0, 0.05) is 32.0 Å². The molecule has 13 heteroatoms. The Morgan fingerprint density at radius 1 is 0.889 bits per heavy atom. The molecule has 1 aliphatic rings. The molecule has 282 valence electrons. The fraction of sp³-hybridized carbons (Fsp3) is 0.317. The van der Waals surface area contributed by atoms with Crippen LogP contribution in [0.15, 0.2) is 89.7 Å². The Balaban J connectivity index is 1.25. The maximum Gasteiger partial charge on any atom is 0.416 e. The molecular weight excluding hydrogens is 707 g/mol. The highest BCUT2D eigenvalue weighted by atomic mass is 19.4. The van der Waals surface area contributed by atoms with Crippen molar-refractivity contribution in [1.82, 2.24) is 20.2 Å². The van der Waals surface area contributed by atoms with Crippen molar-refractivity contribution >= 4 is 22.7 Å². The van der Waals surface area contributed by atoms with E-state index in [-0.39, 0.29) is 47.9 Å². The predicted molar refractivity (Wildman–Crippen MR) is 194 cm³/mol. The number of benzene rings is 4. The summed E-state index contributed by atoms with van der Waals surface area (Å²) < 4.78 is 67.3. The number of carbonyl (C=O) groups is 2. The van der Waals surface area contributed by atoms with Crippen LogP contribution in [-0.4, -0.2) is 56.4 Å². The molecule has 0 saturated carbocycles. The predicted octanol–water partition coefficient (Wildman–Crippen LogP) is 7.44. The molecule has 8 nitrogen and oxygen atoms in total. The van der Waals surface area contributed by atoms with E-state index in [9.17, 15) is 41.4 Å². The molecule has 1 saturated heterocycles. The first-order chi connectivity index (χ1) is 25.6. The lowest BCUT2D eigenvalue weighted by atomic mass is 9.91. The molecule has 1 unspecified atom stereocenters. The van der Waals surface area contributed by atoms with E-state index in [2.05, 4.69) is 15.3 Å². The molecule has 5 aromatic rings. The molecule has 0 spiro atoms. The summed E-state index contributed by atoms with van der Waals surface area (Å²) >= 11 is 0. The number of ketones is 1. The van der Waals surface area contributed by atoms with Crippen LogP contribution in [0.5, 0.6) is 0 Å². The number of Topliss-reactive ketones (excluding diaryl/α,β-unsaturated/α-hetero) is 1. The first kappa shape index (κ1) is 38.5. The summed E-state index contributed by atoms with van der Waals surface area (Å²) in [6.07, 6.45) is -3.20. The molecule has 1 atom stereocenters. The molecule has 54 heavy (non-hydrogen) atoms. The number of aliphatic carboxylic acids is 1. The van der Waals surface area contributed by atoms with Crippen LogP contribution in [0.25, 0.3) is 22.0 Å². The van der Waals surface area contributed by atoms with Crippen LogP contribution in [0.3, 0.4) is 0 Å². The van der Waals surface area contributed by atoms with Crippen molar-refractivity contribution in [2.45, 2.75) is 69.8 Å². The minimum absolute atomic E-state index is 0.105. The SMILES string of the molecule is CC(C)(C(=O)O)N1CCC(NC(C(=O)Cc2cccc3nc(CCc4cccc(F)c4F)[nH]c(=O)c23)c2ccc(-c3ccc(C(F)(F)F)cc3)cc2)CC1. The van der Waals surface area contributed by atoms with Gasteiger partial charge in [0.05, 0.1) is 22.5 Å². The molecule has 1 aromatic heterocycles. The second kappa shape index (κ2) is 15.6. The number of nitrogens with one attached hydrogen (secondary N) is 2. The molecular formula is C41H39F5N4O4. The summed E-state index contributed by atoms with van der Waals surface area (Å²) in [5.41, 5.74) is 0.497. The largest absolute Gasteiger partial charge is 0.480 e. The highest BCUT2D eigenvalue weighted by molar-refractivity contribution is 5.92. The minimum Gasteiger partial charge on any atom is -0.480 e. The fourth-order valence-electron chi connectivity index (χ4n) is 6.93. The monoisotopic (exact) mass is 746 g/mol. The van der Waals surface area contributed by atoms with E-state index in [0.717, 1.165) is 18.2 Å². The number of nitrogens with zero attached hydrogens (tertiary/aromatic N) is 2. The van der Waals surface area contributed by atoms with Crippen molar-refractivity contribution in [2.75, 3.05) is 13.1 Å². The Morgan fingerprint density at radius 2 is 1.50 bits per heavy atom. The van der Waals surface area contributed by atoms with Gasteiger partial charge >= 0.3 is 12.1 Å². The van der Waals surface area contributed by atoms with Crippen molar-refractivity contribution in [2.24, 2.45) is 0 Å². The number of alkyl halides is 3. The number of fused-ring (bicyclic) bond motifs is 1. The number of hydrogen-bond acceptors (Lipinski definition) is 6. The molecule has 0 radical (unpaired) electrons. The van der Waals surface area contributed by atoms with Crippen molar-refractivity contribution in [1.29, 1.82) is 0 Å². The summed E-state index contributed by atoms with van der Waals surface area (Å²) in [4.78, 5) is 48.7. The number of halogens is 5. The zero-order valence-corrected chi connectivity index (χ0v) is 29.6. The summed E-state index contributed by atoms with van der Waals surface area (Å²) in [6.45, 7) is 4.29. The number of likely N-dealkylation sites (tertiary alicyclic amines) is 1. The Labute approximate surface area is 308 Å². The Morgan fingerprint density at radius 3 is 2.13 bits per heavy atom. The number of H-pyrrole nitrogens is 1. The molecule has 0 aliphatic carbocycles. The normalized spacial score (nSPS) is 15.0. The third kappa shape index (κ3) is 8.42. The minimum atomic E-state index is -4.46. The van der Waals surface area contributed by atoms with Gasteiger partial charge in [-0.2, -0.15) is 13.2 Å². The van der Waals surface area contributed by atoms with Crippen LogP contribution < -0.4 is 10.9 Å². The van der Waals surface area contributed by atoms with Crippen molar-refractivity contribution < 1.29 is 36.6 Å². The summed E-state index contributed by atoms with van der Waals surface area (Å²) in [7, 11) is 0. The summed E-state index contributed by atoms with van der Waals surface area (Å²) in [5.74, 6) is -2.80. The zero-order chi connectivity index (χ0) is 38.8. The van der Waals surface area contributed by atoms with Gasteiger partial charge in [0.15, 0.2) is 17.4 Å². The highest BCUT2D eigenvalue weighted by Crippen LogP contribution is 2.32. The number of carboxylic acid groups (broad SMARTS) is 1. The van der Waals surface area contributed by atoms with Gasteiger partial charge in [-0.15, -0.1) is 0 Å². The average Bonchev–Trinajstić information content (AvgIpc) is 3.14. The number of hydrogen-bond donors (Lipinski definition) is 3. The molecule has 0 amide bonds. The smallest absolute Gasteiger partial charge is 0.416 e. The highest BCUT2D eigenvalue weighted by Gasteiger charge is 2.37. The van der Waals surface area contributed by atoms with Gasteiger partial charge in [-0.25, -0.2) is 13.8 Å². The van der Waals surface area contributed by atoms with Crippen LogP contribution in [-0.2, 0) is 35.0 Å². The molecule has 4 aromatic carbocycles. The molecule has 0 bridgehead atoms. The van der Waals surface area contributed by atoms with Crippen LogP contribution in [0.2, 0.25) is 0 Å². The number of piperidine rings is 1. The van der Waals surface area contributed by atoms with E-state index in [1.807, 2.05) is 4.90 Å². The molecule has 1 aliphatic heterocycles. The Kier molecular flexibility index (Phi) is 11.1. The van der Waals surface area contributed by atoms with Crippen molar-refractivity contribution in [3.8, 4) is 11.1 Å². The van der Waals surface area contributed by atoms with Gasteiger partial charge in [0.2, 0.25) is 0 Å². The van der Waals surface area contributed by atoms with Crippen LogP contribution in [0.1, 0.15) is 60.8 Å². The zero-order valence-electron chi connectivity index (χ0n) is 29.6. The van der Waals surface area contributed by atoms with Crippen LogP contribution in [0, 0.1) is 11.6 Å². The lowest BCUT2D eigenvalue weighted by Gasteiger charge is -2.41. The Bertz CT molecular complexity index is 2210. The van der Waals surface area contributed by atoms with Crippen molar-refractivity contribution in [3.05, 3.63) is 135 Å². The maximum absolute atomic E-state index is 14.3. The lowest BCUT2D eigenvalue weighted by Crippen LogP contribution is -2.55. The maximum atomic E-state index is 14.3. The van der Waals surface area contributed by atoms with Gasteiger partial charge < -0.3 is 15.4 Å². The topological polar surface area (TPSA) is 115 Å². The van der Waals surface area contributed by atoms with E-state index in [0.29, 0.717) is 53.7 Å². The van der Waals surface area contributed by atoms with E-state index in [4.69, 9.17) is 0 Å². The quantitative estimate of drug-likeness (QED) is 0.114. The lowest BCUT2D eigenvalue weighted by molar-refractivity contribution is -0.150. The van der Waals surface area contributed by atoms with Gasteiger partial charge in [-0.1, -0.05) is 60.7 Å². The first-order valence-corrected chi connectivity index (χ1v) is 17.6. The number of aromatic nitrogens is 2. The average molecular weight is 747 g/mol. The second-order valence-electron chi connectivity index (χ2n) is 14.1. The van der Waals surface area contributed by atoms with Gasteiger partial charge in [-0.3, -0.25) is 19.3 Å². The number of carboxylic acids is 1. The third-order valence-corrected chi connectivity index (χ3v) is 10.2. The molecule has 1 fully saturated rings. The van der Waals surface area contributed by atoms with E-state index in [1.54, 1.807) is 56.3 Å². The summed E-state index contributed by atoms with van der Waals surface area (Å²) in [5, 5.41) is 13.4. The number of aryl methyl sites for hydroxylation is 2. The number of rotatable bonds is 12. The molecule has 3 N–H and O–H groups in total. The second-order valence-corrected chi connectivity index (χ2v) is 14.1. The van der Waals surface area contributed by atoms with Crippen molar-refractivity contribution in [3.63, 3.8) is 0 Å². The molecule has 2 heterocycles. The van der Waals surface area contributed by atoms with E-state index in [1.165, 1.54) is 24.3 Å². The van der Waals surface area contributed by atoms with Crippen LogP contribution in [0.4, 0.5) is 22.0 Å². The van der Waals surface area contributed by atoms with Gasteiger partial charge in [-0.05, 0) is 85.2 Å². The van der Waals surface area contributed by atoms with E-state index < -0.39 is 46.5 Å².